The molecular formula is C20H24N2. The van der Waals surface area contributed by atoms with Crippen LogP contribution in [0.5, 0.6) is 0 Å². The Kier molecular flexibility index (Phi) is 4.30. The summed E-state index contributed by atoms with van der Waals surface area (Å²) in [6.45, 7) is 8.39. The summed E-state index contributed by atoms with van der Waals surface area (Å²) in [6, 6.07) is 17.9. The van der Waals surface area contributed by atoms with Gasteiger partial charge in [-0.2, -0.15) is 0 Å². The van der Waals surface area contributed by atoms with Crippen molar-refractivity contribution in [2.45, 2.75) is 39.9 Å². The minimum atomic E-state index is 0.482. The van der Waals surface area contributed by atoms with Crippen molar-refractivity contribution in [2.75, 3.05) is 0 Å². The second-order valence-electron chi connectivity index (χ2n) is 6.26. The van der Waals surface area contributed by atoms with Crippen LogP contribution in [-0.4, -0.2) is 4.57 Å². The second-order valence-corrected chi connectivity index (χ2v) is 6.26. The first-order valence-corrected chi connectivity index (χ1v) is 8.00. The Labute approximate surface area is 132 Å². The average molecular weight is 292 g/mol. The van der Waals surface area contributed by atoms with Gasteiger partial charge in [0.2, 0.25) is 0 Å². The van der Waals surface area contributed by atoms with E-state index in [1.165, 1.54) is 27.6 Å². The van der Waals surface area contributed by atoms with Gasteiger partial charge in [0.05, 0.1) is 0 Å². The Morgan fingerprint density at radius 2 is 1.68 bits per heavy atom. The molecule has 1 heterocycles. The molecule has 0 spiro atoms. The van der Waals surface area contributed by atoms with Crippen LogP contribution in [0.4, 0.5) is 0 Å². The highest BCUT2D eigenvalue weighted by Crippen LogP contribution is 2.24. The number of aromatic nitrogens is 1. The lowest BCUT2D eigenvalue weighted by Gasteiger charge is -2.08. The number of hydrogen-bond acceptors (Lipinski definition) is 1. The third-order valence-electron chi connectivity index (χ3n) is 4.14. The fourth-order valence-electron chi connectivity index (χ4n) is 2.89. The maximum absolute atomic E-state index is 3.57. The summed E-state index contributed by atoms with van der Waals surface area (Å²) in [5.74, 6) is 0. The molecule has 0 aliphatic carbocycles. The monoisotopic (exact) mass is 292 g/mol. The summed E-state index contributed by atoms with van der Waals surface area (Å²) >= 11 is 0. The Balaban J connectivity index is 1.75. The molecule has 0 amide bonds. The van der Waals surface area contributed by atoms with Gasteiger partial charge in [-0.05, 0) is 38.0 Å². The fourth-order valence-corrected chi connectivity index (χ4v) is 2.89. The van der Waals surface area contributed by atoms with Gasteiger partial charge in [-0.25, -0.2) is 0 Å². The number of fused-ring (bicyclic) bond motifs is 1. The first-order chi connectivity index (χ1) is 10.6. The first kappa shape index (κ1) is 14.9. The Hall–Kier alpha value is -2.06. The molecule has 2 heteroatoms. The quantitative estimate of drug-likeness (QED) is 0.713. The van der Waals surface area contributed by atoms with E-state index in [4.69, 9.17) is 0 Å². The standard InChI is InChI=1S/C20H24N2/c1-15(2)22-14-18(19-6-4-5-7-20(19)22)13-21-12-17-10-8-16(3)9-11-17/h4-11,14-15,21H,12-13H2,1-3H3. The lowest BCUT2D eigenvalue weighted by atomic mass is 10.1. The summed E-state index contributed by atoms with van der Waals surface area (Å²) in [5, 5.41) is 4.92. The van der Waals surface area contributed by atoms with Crippen molar-refractivity contribution in [2.24, 2.45) is 0 Å². The molecule has 0 bridgehead atoms. The largest absolute Gasteiger partial charge is 0.345 e. The molecule has 0 fully saturated rings. The average Bonchev–Trinajstić information content (AvgIpc) is 2.89. The van der Waals surface area contributed by atoms with Gasteiger partial charge in [-0.1, -0.05) is 48.0 Å². The zero-order valence-electron chi connectivity index (χ0n) is 13.6. The molecule has 1 aromatic heterocycles. The van der Waals surface area contributed by atoms with E-state index in [-0.39, 0.29) is 0 Å². The number of para-hydroxylation sites is 1. The number of aryl methyl sites for hydroxylation is 1. The summed E-state index contributed by atoms with van der Waals surface area (Å²) in [6.07, 6.45) is 2.29. The van der Waals surface area contributed by atoms with Gasteiger partial charge < -0.3 is 9.88 Å². The molecule has 2 nitrogen and oxygen atoms in total. The molecule has 114 valence electrons. The van der Waals surface area contributed by atoms with Crippen LogP contribution in [0.3, 0.4) is 0 Å². The molecule has 0 aliphatic heterocycles. The summed E-state index contributed by atoms with van der Waals surface area (Å²) < 4.78 is 2.36. The maximum Gasteiger partial charge on any atom is 0.0486 e. The van der Waals surface area contributed by atoms with Gasteiger partial charge in [0.15, 0.2) is 0 Å². The molecular weight excluding hydrogens is 268 g/mol. The minimum Gasteiger partial charge on any atom is -0.345 e. The molecule has 2 aromatic carbocycles. The molecule has 22 heavy (non-hydrogen) atoms. The maximum atomic E-state index is 3.57. The lowest BCUT2D eigenvalue weighted by molar-refractivity contribution is 0.616. The van der Waals surface area contributed by atoms with Crippen LogP contribution in [0.1, 0.15) is 36.6 Å². The smallest absolute Gasteiger partial charge is 0.0486 e. The third kappa shape index (κ3) is 3.07. The zero-order chi connectivity index (χ0) is 15.5. The van der Waals surface area contributed by atoms with Crippen LogP contribution in [-0.2, 0) is 13.1 Å². The molecule has 1 N–H and O–H groups in total. The van der Waals surface area contributed by atoms with E-state index in [2.05, 4.69) is 85.4 Å². The number of nitrogens with one attached hydrogen (secondary N) is 1. The molecule has 0 unspecified atom stereocenters. The Morgan fingerprint density at radius 1 is 0.955 bits per heavy atom. The van der Waals surface area contributed by atoms with Gasteiger partial charge in [-0.3, -0.25) is 0 Å². The van der Waals surface area contributed by atoms with Crippen molar-refractivity contribution in [1.82, 2.24) is 9.88 Å². The van der Waals surface area contributed by atoms with Gasteiger partial charge in [0.25, 0.3) is 0 Å². The van der Waals surface area contributed by atoms with Crippen molar-refractivity contribution < 1.29 is 0 Å². The highest BCUT2D eigenvalue weighted by molar-refractivity contribution is 5.84. The Bertz CT molecular complexity index is 751. The van der Waals surface area contributed by atoms with Crippen molar-refractivity contribution in [3.63, 3.8) is 0 Å². The molecule has 0 saturated carbocycles. The van der Waals surface area contributed by atoms with Crippen LogP contribution in [0, 0.1) is 6.92 Å². The minimum absolute atomic E-state index is 0.482. The third-order valence-corrected chi connectivity index (χ3v) is 4.14. The highest BCUT2D eigenvalue weighted by atomic mass is 15.0. The number of rotatable bonds is 5. The molecule has 0 saturated heterocycles. The predicted molar refractivity (Wildman–Crippen MR) is 94.0 cm³/mol. The van der Waals surface area contributed by atoms with Gasteiger partial charge in [0, 0.05) is 36.2 Å². The lowest BCUT2D eigenvalue weighted by Crippen LogP contribution is -2.12. The van der Waals surface area contributed by atoms with E-state index in [1.807, 2.05) is 0 Å². The van der Waals surface area contributed by atoms with E-state index >= 15 is 0 Å². The van der Waals surface area contributed by atoms with Crippen LogP contribution < -0.4 is 5.32 Å². The van der Waals surface area contributed by atoms with Crippen molar-refractivity contribution >= 4 is 10.9 Å². The normalized spacial score (nSPS) is 11.5. The number of benzene rings is 2. The van der Waals surface area contributed by atoms with Crippen LogP contribution >= 0.6 is 0 Å². The van der Waals surface area contributed by atoms with Crippen molar-refractivity contribution in [3.8, 4) is 0 Å². The van der Waals surface area contributed by atoms with Crippen LogP contribution in [0.25, 0.3) is 10.9 Å². The van der Waals surface area contributed by atoms with E-state index in [0.29, 0.717) is 6.04 Å². The van der Waals surface area contributed by atoms with E-state index < -0.39 is 0 Å². The van der Waals surface area contributed by atoms with Crippen LogP contribution in [0.15, 0.2) is 54.7 Å². The number of nitrogens with zero attached hydrogens (tertiary/aromatic N) is 1. The second kappa shape index (κ2) is 6.37. The first-order valence-electron chi connectivity index (χ1n) is 8.00. The molecule has 0 aliphatic rings. The summed E-state index contributed by atoms with van der Waals surface area (Å²) in [4.78, 5) is 0. The highest BCUT2D eigenvalue weighted by Gasteiger charge is 2.09. The van der Waals surface area contributed by atoms with E-state index in [1.54, 1.807) is 0 Å². The molecule has 0 radical (unpaired) electrons. The SMILES string of the molecule is Cc1ccc(CNCc2cn(C(C)C)c3ccccc23)cc1. The van der Waals surface area contributed by atoms with Gasteiger partial charge in [-0.15, -0.1) is 0 Å². The van der Waals surface area contributed by atoms with Crippen molar-refractivity contribution in [3.05, 3.63) is 71.4 Å². The van der Waals surface area contributed by atoms with E-state index in [0.717, 1.165) is 13.1 Å². The van der Waals surface area contributed by atoms with Gasteiger partial charge in [0.1, 0.15) is 0 Å². The van der Waals surface area contributed by atoms with Gasteiger partial charge >= 0.3 is 0 Å². The molecule has 3 aromatic rings. The Morgan fingerprint density at radius 3 is 2.41 bits per heavy atom. The molecule has 3 rings (SSSR count). The molecule has 0 atom stereocenters. The summed E-state index contributed by atoms with van der Waals surface area (Å²) in [7, 11) is 0. The topological polar surface area (TPSA) is 17.0 Å². The van der Waals surface area contributed by atoms with E-state index in [9.17, 15) is 0 Å². The zero-order valence-corrected chi connectivity index (χ0v) is 13.6. The fraction of sp³-hybridized carbons (Fsp3) is 0.300. The number of hydrogen-bond donors (Lipinski definition) is 1. The predicted octanol–water partition coefficient (Wildman–Crippen LogP) is 4.82. The summed E-state index contributed by atoms with van der Waals surface area (Å²) in [5.41, 5.74) is 5.34. The van der Waals surface area contributed by atoms with Crippen LogP contribution in [0.2, 0.25) is 0 Å². The van der Waals surface area contributed by atoms with Crippen molar-refractivity contribution in [1.29, 1.82) is 0 Å².